The maximum absolute atomic E-state index is 11.2. The van der Waals surface area contributed by atoms with Gasteiger partial charge >= 0.3 is 0 Å². The molecule has 1 aliphatic heterocycles. The van der Waals surface area contributed by atoms with Gasteiger partial charge in [-0.25, -0.2) is 13.6 Å². The number of benzene rings is 1. The van der Waals surface area contributed by atoms with E-state index in [2.05, 4.69) is 0 Å². The zero-order valence-electron chi connectivity index (χ0n) is 7.92. The van der Waals surface area contributed by atoms with Gasteiger partial charge in [-0.2, -0.15) is 0 Å². The monoisotopic (exact) mass is 229 g/mol. The Morgan fingerprint density at radius 1 is 1.33 bits per heavy atom. The van der Waals surface area contributed by atoms with Gasteiger partial charge in [0.1, 0.15) is 16.7 Å². The second kappa shape index (κ2) is 3.80. The summed E-state index contributed by atoms with van der Waals surface area (Å²) in [7, 11) is -3.73. The third kappa shape index (κ3) is 2.28. The summed E-state index contributed by atoms with van der Waals surface area (Å²) in [5.74, 6) is 0.285. The maximum atomic E-state index is 11.2. The Morgan fingerprint density at radius 3 is 2.53 bits per heavy atom. The molecule has 82 valence electrons. The van der Waals surface area contributed by atoms with Crippen molar-refractivity contribution < 1.29 is 17.9 Å². The fraction of sp³-hybridized carbons (Fsp3) is 0.333. The highest BCUT2D eigenvalue weighted by atomic mass is 32.2. The van der Waals surface area contributed by atoms with Crippen LogP contribution >= 0.6 is 0 Å². The van der Waals surface area contributed by atoms with Crippen molar-refractivity contribution in [3.8, 4) is 5.75 Å². The molecule has 0 aliphatic carbocycles. The molecule has 1 saturated heterocycles. The highest BCUT2D eigenvalue weighted by Gasteiger charge is 2.23. The fourth-order valence-corrected chi connectivity index (χ4v) is 1.91. The predicted molar refractivity (Wildman–Crippen MR) is 53.1 cm³/mol. The molecule has 0 saturated carbocycles. The summed E-state index contributed by atoms with van der Waals surface area (Å²) < 4.78 is 32.8. The van der Waals surface area contributed by atoms with E-state index in [0.29, 0.717) is 13.2 Å². The van der Waals surface area contributed by atoms with E-state index in [1.54, 1.807) is 18.2 Å². The number of hydrogen-bond acceptors (Lipinski definition) is 4. The Bertz CT molecular complexity index is 453. The van der Waals surface area contributed by atoms with Gasteiger partial charge < -0.3 is 9.47 Å². The Labute approximate surface area is 87.8 Å². The van der Waals surface area contributed by atoms with Crippen LogP contribution in [0.1, 0.15) is 0 Å². The highest BCUT2D eigenvalue weighted by Crippen LogP contribution is 2.24. The van der Waals surface area contributed by atoms with Gasteiger partial charge in [-0.3, -0.25) is 0 Å². The smallest absolute Gasteiger partial charge is 0.241 e. The molecule has 2 rings (SSSR count). The molecule has 6 heteroatoms. The molecule has 0 amide bonds. The molecule has 1 aliphatic rings. The first-order valence-corrected chi connectivity index (χ1v) is 5.98. The van der Waals surface area contributed by atoms with Gasteiger partial charge in [-0.1, -0.05) is 12.1 Å². The summed E-state index contributed by atoms with van der Waals surface area (Å²) in [4.78, 5) is 0.0110. The van der Waals surface area contributed by atoms with Crippen molar-refractivity contribution in [3.05, 3.63) is 24.3 Å². The number of hydrogen-bond donors (Lipinski definition) is 1. The average Bonchev–Trinajstić information content (AvgIpc) is 2.10. The van der Waals surface area contributed by atoms with Crippen molar-refractivity contribution in [3.63, 3.8) is 0 Å². The van der Waals surface area contributed by atoms with Gasteiger partial charge in [-0.15, -0.1) is 0 Å². The van der Waals surface area contributed by atoms with Crippen molar-refractivity contribution in [2.24, 2.45) is 5.14 Å². The van der Waals surface area contributed by atoms with Gasteiger partial charge in [0.2, 0.25) is 10.0 Å². The molecule has 15 heavy (non-hydrogen) atoms. The molecule has 0 unspecified atom stereocenters. The second-order valence-electron chi connectivity index (χ2n) is 3.27. The summed E-state index contributed by atoms with van der Waals surface area (Å²) in [6.07, 6.45) is -0.0760. The van der Waals surface area contributed by atoms with E-state index in [4.69, 9.17) is 14.6 Å². The Hall–Kier alpha value is -1.11. The molecule has 1 aromatic carbocycles. The van der Waals surface area contributed by atoms with Crippen LogP contribution in [-0.4, -0.2) is 27.7 Å². The van der Waals surface area contributed by atoms with Gasteiger partial charge in [0.15, 0.2) is 0 Å². The van der Waals surface area contributed by atoms with E-state index in [1.165, 1.54) is 6.07 Å². The van der Waals surface area contributed by atoms with Crippen LogP contribution in [0.15, 0.2) is 29.2 Å². The topological polar surface area (TPSA) is 78.6 Å². The normalized spacial score (nSPS) is 17.1. The minimum absolute atomic E-state index is 0.0110. The third-order valence-electron chi connectivity index (χ3n) is 2.06. The van der Waals surface area contributed by atoms with Crippen LogP contribution in [-0.2, 0) is 14.8 Å². The highest BCUT2D eigenvalue weighted by molar-refractivity contribution is 7.89. The summed E-state index contributed by atoms with van der Waals surface area (Å²) in [6.45, 7) is 0.970. The van der Waals surface area contributed by atoms with Gasteiger partial charge in [-0.05, 0) is 12.1 Å². The Balaban J connectivity index is 2.29. The lowest BCUT2D eigenvalue weighted by molar-refractivity contribution is -0.0807. The van der Waals surface area contributed by atoms with Crippen molar-refractivity contribution in [2.45, 2.75) is 11.0 Å². The molecule has 0 aromatic heterocycles. The summed E-state index contributed by atoms with van der Waals surface area (Å²) in [6, 6.07) is 6.30. The average molecular weight is 229 g/mol. The molecule has 0 spiro atoms. The van der Waals surface area contributed by atoms with E-state index in [9.17, 15) is 8.42 Å². The molecule has 0 atom stereocenters. The van der Waals surface area contributed by atoms with E-state index in [-0.39, 0.29) is 16.7 Å². The molecular weight excluding hydrogens is 218 g/mol. The lowest BCUT2D eigenvalue weighted by Crippen LogP contribution is -2.38. The SMILES string of the molecule is NS(=O)(=O)c1ccccc1OC1COC1. The quantitative estimate of drug-likeness (QED) is 0.798. The zero-order chi connectivity index (χ0) is 10.9. The van der Waals surface area contributed by atoms with Crippen LogP contribution in [0.25, 0.3) is 0 Å². The largest absolute Gasteiger partial charge is 0.484 e. The van der Waals surface area contributed by atoms with Crippen molar-refractivity contribution in [1.82, 2.24) is 0 Å². The molecule has 2 N–H and O–H groups in total. The van der Waals surface area contributed by atoms with Crippen LogP contribution < -0.4 is 9.88 Å². The number of nitrogens with two attached hydrogens (primary N) is 1. The van der Waals surface area contributed by atoms with Crippen LogP contribution in [0, 0.1) is 0 Å². The van der Waals surface area contributed by atoms with Crippen molar-refractivity contribution in [2.75, 3.05) is 13.2 Å². The standard InChI is InChI=1S/C9H11NO4S/c10-15(11,12)9-4-2-1-3-8(9)14-7-5-13-6-7/h1-4,7H,5-6H2,(H2,10,11,12). The number of primary sulfonamides is 1. The van der Waals surface area contributed by atoms with E-state index in [0.717, 1.165) is 0 Å². The molecule has 1 fully saturated rings. The fourth-order valence-electron chi connectivity index (χ4n) is 1.24. The van der Waals surface area contributed by atoms with E-state index >= 15 is 0 Å². The van der Waals surface area contributed by atoms with E-state index in [1.807, 2.05) is 0 Å². The van der Waals surface area contributed by atoms with Gasteiger partial charge in [0.05, 0.1) is 13.2 Å². The lowest BCUT2D eigenvalue weighted by Gasteiger charge is -2.27. The van der Waals surface area contributed by atoms with Gasteiger partial charge in [0, 0.05) is 0 Å². The predicted octanol–water partition coefficient (Wildman–Crippen LogP) is 0.112. The van der Waals surface area contributed by atoms with E-state index < -0.39 is 10.0 Å². The summed E-state index contributed by atoms with van der Waals surface area (Å²) in [5, 5.41) is 5.05. The van der Waals surface area contributed by atoms with Crippen LogP contribution in [0.3, 0.4) is 0 Å². The first-order valence-electron chi connectivity index (χ1n) is 4.43. The molecule has 0 radical (unpaired) electrons. The number of ether oxygens (including phenoxy) is 2. The van der Waals surface area contributed by atoms with Gasteiger partial charge in [0.25, 0.3) is 0 Å². The number of para-hydroxylation sites is 1. The van der Waals surface area contributed by atoms with Crippen molar-refractivity contribution >= 4 is 10.0 Å². The first-order chi connectivity index (χ1) is 7.07. The minimum atomic E-state index is -3.73. The third-order valence-corrected chi connectivity index (χ3v) is 3.01. The summed E-state index contributed by atoms with van der Waals surface area (Å²) in [5.41, 5.74) is 0. The van der Waals surface area contributed by atoms with Crippen LogP contribution in [0.2, 0.25) is 0 Å². The maximum Gasteiger partial charge on any atom is 0.241 e. The Kier molecular flexibility index (Phi) is 2.64. The molecule has 0 bridgehead atoms. The molecule has 5 nitrogen and oxygen atoms in total. The molecular formula is C9H11NO4S. The minimum Gasteiger partial charge on any atom is -0.484 e. The summed E-state index contributed by atoms with van der Waals surface area (Å²) >= 11 is 0. The molecule has 1 heterocycles. The van der Waals surface area contributed by atoms with Crippen LogP contribution in [0.4, 0.5) is 0 Å². The zero-order valence-corrected chi connectivity index (χ0v) is 8.74. The lowest BCUT2D eigenvalue weighted by atomic mass is 10.3. The number of sulfonamides is 1. The Morgan fingerprint density at radius 2 is 2.00 bits per heavy atom. The second-order valence-corrected chi connectivity index (χ2v) is 4.80. The first kappa shape index (κ1) is 10.4. The van der Waals surface area contributed by atoms with Crippen molar-refractivity contribution in [1.29, 1.82) is 0 Å². The molecule has 1 aromatic rings. The van der Waals surface area contributed by atoms with Crippen LogP contribution in [0.5, 0.6) is 5.75 Å². The number of rotatable bonds is 3.